The quantitative estimate of drug-likeness (QED) is 0.536. The van der Waals surface area contributed by atoms with Crippen LogP contribution in [0.5, 0.6) is 5.75 Å². The van der Waals surface area contributed by atoms with Gasteiger partial charge in [-0.3, -0.25) is 4.79 Å². The summed E-state index contributed by atoms with van der Waals surface area (Å²) in [6.07, 6.45) is 0.272. The van der Waals surface area contributed by atoms with Crippen LogP contribution < -0.4 is 10.1 Å². The van der Waals surface area contributed by atoms with Crippen LogP contribution >= 0.6 is 0 Å². The third-order valence-electron chi connectivity index (χ3n) is 4.81. The van der Waals surface area contributed by atoms with Gasteiger partial charge in [0.15, 0.2) is 0 Å². The van der Waals surface area contributed by atoms with Crippen molar-refractivity contribution in [1.82, 2.24) is 4.31 Å². The summed E-state index contributed by atoms with van der Waals surface area (Å²) in [7, 11) is -2.39. The molecule has 1 amide bonds. The third kappa shape index (κ3) is 5.71. The molecule has 0 heterocycles. The van der Waals surface area contributed by atoms with E-state index in [1.165, 1.54) is 23.5 Å². The Morgan fingerprint density at radius 3 is 1.94 bits per heavy atom. The minimum atomic E-state index is -3.86. The molecular weight excluding hydrogens is 412 g/mol. The maximum absolute atomic E-state index is 13.6. The lowest BCUT2D eigenvalue weighted by Gasteiger charge is -2.23. The molecule has 1 N–H and O–H groups in total. The monoisotopic (exact) mass is 438 g/mol. The number of methoxy groups -OCH3 is 1. The summed E-state index contributed by atoms with van der Waals surface area (Å²) in [5.41, 5.74) is 2.10. The number of nitrogens with one attached hydrogen (secondary N) is 1. The van der Waals surface area contributed by atoms with Crippen molar-refractivity contribution in [1.29, 1.82) is 0 Å². The lowest BCUT2D eigenvalue weighted by molar-refractivity contribution is -0.115. The molecule has 0 aromatic heterocycles. The predicted octanol–water partition coefficient (Wildman–Crippen LogP) is 4.43. The first-order valence-electron chi connectivity index (χ1n) is 10.00. The normalized spacial score (nSPS) is 11.3. The van der Waals surface area contributed by atoms with E-state index >= 15 is 0 Å². The Labute approximate surface area is 183 Å². The molecule has 0 fully saturated rings. The summed E-state index contributed by atoms with van der Waals surface area (Å²) < 4.78 is 34.0. The molecule has 3 aromatic rings. The highest BCUT2D eigenvalue weighted by atomic mass is 32.2. The molecular formula is C24H26N2O4S. The van der Waals surface area contributed by atoms with Gasteiger partial charge in [0.1, 0.15) is 5.75 Å². The van der Waals surface area contributed by atoms with Crippen molar-refractivity contribution in [2.24, 2.45) is 0 Å². The molecule has 7 heteroatoms. The smallest absolute Gasteiger partial charge is 0.243 e. The van der Waals surface area contributed by atoms with Gasteiger partial charge in [0.25, 0.3) is 0 Å². The van der Waals surface area contributed by atoms with Gasteiger partial charge in [-0.25, -0.2) is 8.42 Å². The number of hydrogen-bond donors (Lipinski definition) is 1. The first kappa shape index (κ1) is 22.5. The van der Waals surface area contributed by atoms with Gasteiger partial charge in [-0.1, -0.05) is 67.6 Å². The number of carbonyl (C=O) groups excluding carboxylic acids is 1. The number of benzene rings is 3. The molecule has 0 saturated carbocycles. The SMILES string of the molecule is CCC(=O)Nc1cc(S(=O)(=O)N(Cc2ccccc2)Cc2ccccc2)ccc1OC. The molecule has 31 heavy (non-hydrogen) atoms. The number of ether oxygens (including phenoxy) is 1. The maximum Gasteiger partial charge on any atom is 0.243 e. The molecule has 0 spiro atoms. The van der Waals surface area contributed by atoms with Crippen molar-refractivity contribution in [3.63, 3.8) is 0 Å². The van der Waals surface area contributed by atoms with Crippen LogP contribution in [0, 0.1) is 0 Å². The van der Waals surface area contributed by atoms with E-state index in [-0.39, 0.29) is 30.3 Å². The van der Waals surface area contributed by atoms with Crippen LogP contribution in [0.4, 0.5) is 5.69 Å². The summed E-state index contributed by atoms with van der Waals surface area (Å²) in [6, 6.07) is 23.4. The van der Waals surface area contributed by atoms with Crippen LogP contribution in [-0.4, -0.2) is 25.7 Å². The summed E-state index contributed by atoms with van der Waals surface area (Å²) in [5, 5.41) is 2.72. The van der Waals surface area contributed by atoms with E-state index in [1.807, 2.05) is 60.7 Å². The van der Waals surface area contributed by atoms with Gasteiger partial charge in [0.2, 0.25) is 15.9 Å². The molecule has 0 unspecified atom stereocenters. The van der Waals surface area contributed by atoms with Crippen LogP contribution in [-0.2, 0) is 27.9 Å². The highest BCUT2D eigenvalue weighted by Gasteiger charge is 2.26. The second kappa shape index (κ2) is 10.2. The van der Waals surface area contributed by atoms with Crippen molar-refractivity contribution < 1.29 is 17.9 Å². The third-order valence-corrected chi connectivity index (χ3v) is 6.60. The molecule has 3 aromatic carbocycles. The molecule has 6 nitrogen and oxygen atoms in total. The summed E-state index contributed by atoms with van der Waals surface area (Å²) in [5.74, 6) is 0.177. The second-order valence-corrected chi connectivity index (χ2v) is 8.95. The zero-order chi connectivity index (χ0) is 22.3. The fourth-order valence-electron chi connectivity index (χ4n) is 3.13. The number of amides is 1. The predicted molar refractivity (Wildman–Crippen MR) is 121 cm³/mol. The molecule has 0 aliphatic carbocycles. The molecule has 0 atom stereocenters. The first-order chi connectivity index (χ1) is 14.9. The van der Waals surface area contributed by atoms with Crippen LogP contribution in [0.1, 0.15) is 24.5 Å². The molecule has 0 aliphatic rings. The number of nitrogens with zero attached hydrogens (tertiary/aromatic N) is 1. The Kier molecular flexibility index (Phi) is 7.44. The van der Waals surface area contributed by atoms with E-state index in [1.54, 1.807) is 13.0 Å². The topological polar surface area (TPSA) is 75.7 Å². The Bertz CT molecular complexity index is 1080. The standard InChI is InChI=1S/C24H26N2O4S/c1-3-24(27)25-22-16-21(14-15-23(22)30-2)31(28,29)26(17-19-10-6-4-7-11-19)18-20-12-8-5-9-13-20/h4-16H,3,17-18H2,1-2H3,(H,25,27). The number of anilines is 1. The van der Waals surface area contributed by atoms with E-state index in [4.69, 9.17) is 4.74 Å². The lowest BCUT2D eigenvalue weighted by atomic mass is 10.2. The lowest BCUT2D eigenvalue weighted by Crippen LogP contribution is -2.30. The van der Waals surface area contributed by atoms with Gasteiger partial charge in [-0.05, 0) is 29.3 Å². The fraction of sp³-hybridized carbons (Fsp3) is 0.208. The van der Waals surface area contributed by atoms with Gasteiger partial charge < -0.3 is 10.1 Å². The van der Waals surface area contributed by atoms with Gasteiger partial charge in [0, 0.05) is 19.5 Å². The first-order valence-corrected chi connectivity index (χ1v) is 11.4. The van der Waals surface area contributed by atoms with E-state index in [9.17, 15) is 13.2 Å². The number of hydrogen-bond acceptors (Lipinski definition) is 4. The number of sulfonamides is 1. The van der Waals surface area contributed by atoms with E-state index in [2.05, 4.69) is 5.32 Å². The molecule has 162 valence electrons. The van der Waals surface area contributed by atoms with E-state index in [0.29, 0.717) is 11.4 Å². The van der Waals surface area contributed by atoms with Crippen LogP contribution in [0.2, 0.25) is 0 Å². The summed E-state index contributed by atoms with van der Waals surface area (Å²) in [6.45, 7) is 2.17. The molecule has 3 rings (SSSR count). The van der Waals surface area contributed by atoms with Crippen molar-refractivity contribution in [3.05, 3.63) is 90.0 Å². The highest BCUT2D eigenvalue weighted by molar-refractivity contribution is 7.89. The van der Waals surface area contributed by atoms with Crippen molar-refractivity contribution in [2.45, 2.75) is 31.3 Å². The van der Waals surface area contributed by atoms with Crippen molar-refractivity contribution in [2.75, 3.05) is 12.4 Å². The maximum atomic E-state index is 13.6. The average molecular weight is 439 g/mol. The average Bonchev–Trinajstić information content (AvgIpc) is 2.80. The van der Waals surface area contributed by atoms with Gasteiger partial charge in [-0.15, -0.1) is 0 Å². The molecule has 0 radical (unpaired) electrons. The van der Waals surface area contributed by atoms with Crippen molar-refractivity contribution >= 4 is 21.6 Å². The molecule has 0 bridgehead atoms. The van der Waals surface area contributed by atoms with Crippen LogP contribution in [0.15, 0.2) is 83.8 Å². The second-order valence-electron chi connectivity index (χ2n) is 7.01. The Morgan fingerprint density at radius 1 is 0.903 bits per heavy atom. The Morgan fingerprint density at radius 2 is 1.45 bits per heavy atom. The van der Waals surface area contributed by atoms with Crippen molar-refractivity contribution in [3.8, 4) is 5.75 Å². The number of rotatable bonds is 9. The van der Waals surface area contributed by atoms with Crippen LogP contribution in [0.25, 0.3) is 0 Å². The Hall–Kier alpha value is -3.16. The highest BCUT2D eigenvalue weighted by Crippen LogP contribution is 2.30. The summed E-state index contributed by atoms with van der Waals surface area (Å²) >= 11 is 0. The summed E-state index contributed by atoms with van der Waals surface area (Å²) in [4.78, 5) is 12.0. The minimum absolute atomic E-state index is 0.0894. The molecule has 0 aliphatic heterocycles. The minimum Gasteiger partial charge on any atom is -0.495 e. The zero-order valence-corrected chi connectivity index (χ0v) is 18.4. The largest absolute Gasteiger partial charge is 0.495 e. The zero-order valence-electron chi connectivity index (χ0n) is 17.6. The van der Waals surface area contributed by atoms with E-state index < -0.39 is 10.0 Å². The molecule has 0 saturated heterocycles. The van der Waals surface area contributed by atoms with Crippen LogP contribution in [0.3, 0.4) is 0 Å². The van der Waals surface area contributed by atoms with E-state index in [0.717, 1.165) is 11.1 Å². The Balaban J connectivity index is 2.00. The number of carbonyl (C=O) groups is 1. The van der Waals surface area contributed by atoms with Gasteiger partial charge in [0.05, 0.1) is 17.7 Å². The van der Waals surface area contributed by atoms with Gasteiger partial charge in [-0.2, -0.15) is 4.31 Å². The fourth-order valence-corrected chi connectivity index (χ4v) is 4.58. The van der Waals surface area contributed by atoms with Gasteiger partial charge >= 0.3 is 0 Å².